The lowest BCUT2D eigenvalue weighted by molar-refractivity contribution is 0.218. The Morgan fingerprint density at radius 3 is 1.91 bits per heavy atom. The quantitative estimate of drug-likeness (QED) is 0.363. The molecule has 0 radical (unpaired) electrons. The van der Waals surface area contributed by atoms with E-state index in [1.807, 2.05) is 42.5 Å². The van der Waals surface area contributed by atoms with Gasteiger partial charge in [-0.1, -0.05) is 66.7 Å². The monoisotopic (exact) mass is 425 g/mol. The van der Waals surface area contributed by atoms with E-state index in [1.165, 1.54) is 0 Å². The van der Waals surface area contributed by atoms with Gasteiger partial charge in [0.1, 0.15) is 17.2 Å². The van der Waals surface area contributed by atoms with Gasteiger partial charge >= 0.3 is 0 Å². The summed E-state index contributed by atoms with van der Waals surface area (Å²) in [5.74, 6) is 0.153. The fourth-order valence-electron chi connectivity index (χ4n) is 4.74. The molecule has 0 fully saturated rings. The molecule has 3 atom stereocenters. The average Bonchev–Trinajstić information content (AvgIpc) is 3.46. The molecule has 0 bridgehead atoms. The Balaban J connectivity index is 1.63. The van der Waals surface area contributed by atoms with Crippen molar-refractivity contribution < 1.29 is 0 Å². The summed E-state index contributed by atoms with van der Waals surface area (Å²) in [6.45, 7) is 4.47. The lowest BCUT2D eigenvalue weighted by atomic mass is 9.94. The summed E-state index contributed by atoms with van der Waals surface area (Å²) in [4.78, 5) is 2.29. The molecule has 0 spiro atoms. The van der Waals surface area contributed by atoms with E-state index < -0.39 is 0 Å². The van der Waals surface area contributed by atoms with E-state index in [0.717, 1.165) is 34.2 Å². The van der Waals surface area contributed by atoms with Crippen molar-refractivity contribution in [2.45, 2.75) is 32.5 Å². The highest BCUT2D eigenvalue weighted by Gasteiger charge is 2.33. The molecule has 0 saturated heterocycles. The molecule has 3 aromatic carbocycles. The Morgan fingerprint density at radius 2 is 1.28 bits per heavy atom. The number of hydrogen-bond acceptors (Lipinski definition) is 5. The Bertz CT molecular complexity index is 1320. The normalized spacial score (nSPS) is 14.5. The van der Waals surface area contributed by atoms with Crippen molar-refractivity contribution in [3.05, 3.63) is 78.9 Å². The van der Waals surface area contributed by atoms with E-state index >= 15 is 0 Å². The maximum atomic E-state index is 4.60. The summed E-state index contributed by atoms with van der Waals surface area (Å²) in [6, 6.07) is 26.8. The molecule has 5 aromatic rings. The van der Waals surface area contributed by atoms with Crippen molar-refractivity contribution in [2.24, 2.45) is 5.92 Å². The van der Waals surface area contributed by atoms with Gasteiger partial charge < -0.3 is 4.90 Å². The molecule has 0 aliphatic carbocycles. The van der Waals surface area contributed by atoms with Crippen molar-refractivity contribution in [1.82, 2.24) is 30.0 Å². The zero-order valence-corrected chi connectivity index (χ0v) is 18.6. The number of benzene rings is 3. The molecule has 5 rings (SSSR count). The van der Waals surface area contributed by atoms with Gasteiger partial charge in [-0.3, -0.25) is 0 Å². The van der Waals surface area contributed by atoms with E-state index in [2.05, 4.69) is 92.2 Å². The van der Waals surface area contributed by atoms with Crippen LogP contribution in [0.1, 0.15) is 32.5 Å². The number of fused-ring (bicyclic) bond motifs is 2. The van der Waals surface area contributed by atoms with Crippen LogP contribution >= 0.6 is 0 Å². The van der Waals surface area contributed by atoms with Gasteiger partial charge in [0.2, 0.25) is 0 Å². The maximum Gasteiger partial charge on any atom is 0.129 e. The smallest absolute Gasteiger partial charge is 0.129 e. The maximum absolute atomic E-state index is 4.60. The van der Waals surface area contributed by atoms with Gasteiger partial charge in [0, 0.05) is 18.7 Å². The van der Waals surface area contributed by atoms with Crippen molar-refractivity contribution in [2.75, 3.05) is 11.9 Å². The second-order valence-electron chi connectivity index (χ2n) is 8.24. The summed E-state index contributed by atoms with van der Waals surface area (Å²) in [6.07, 6.45) is 0.845. The van der Waals surface area contributed by atoms with Crippen LogP contribution in [0.3, 0.4) is 0 Å². The van der Waals surface area contributed by atoms with Gasteiger partial charge in [-0.15, -0.1) is 10.2 Å². The average molecular weight is 426 g/mol. The molecule has 7 nitrogen and oxygen atoms in total. The highest BCUT2D eigenvalue weighted by molar-refractivity contribution is 5.75. The molecule has 0 amide bonds. The SMILES string of the molecule is CCC(C(C)C(N(C)c1ccccc1)n1nnc2ccccc21)n1nnc2ccccc21. The topological polar surface area (TPSA) is 64.7 Å². The molecule has 32 heavy (non-hydrogen) atoms. The summed E-state index contributed by atoms with van der Waals surface area (Å²) >= 11 is 0. The second kappa shape index (κ2) is 8.42. The molecule has 3 unspecified atom stereocenters. The number of nitrogens with zero attached hydrogens (tertiary/aromatic N) is 7. The lowest BCUT2D eigenvalue weighted by Crippen LogP contribution is -2.38. The molecule has 2 heterocycles. The largest absolute Gasteiger partial charge is 0.352 e. The molecule has 0 N–H and O–H groups in total. The van der Waals surface area contributed by atoms with Gasteiger partial charge in [0.25, 0.3) is 0 Å². The third-order valence-corrected chi connectivity index (χ3v) is 6.38. The first-order chi connectivity index (χ1) is 15.7. The first-order valence-electron chi connectivity index (χ1n) is 11.1. The Labute approximate surface area is 187 Å². The van der Waals surface area contributed by atoms with Crippen LogP contribution in [0.5, 0.6) is 0 Å². The first-order valence-corrected chi connectivity index (χ1v) is 11.1. The second-order valence-corrected chi connectivity index (χ2v) is 8.24. The third-order valence-electron chi connectivity index (χ3n) is 6.38. The molecule has 0 aliphatic heterocycles. The highest BCUT2D eigenvalue weighted by Crippen LogP contribution is 2.37. The van der Waals surface area contributed by atoms with E-state index in [0.29, 0.717) is 0 Å². The predicted molar refractivity (Wildman–Crippen MR) is 127 cm³/mol. The van der Waals surface area contributed by atoms with Crippen LogP contribution in [-0.4, -0.2) is 37.0 Å². The molecule has 162 valence electrons. The van der Waals surface area contributed by atoms with Crippen molar-refractivity contribution >= 4 is 27.8 Å². The fourth-order valence-corrected chi connectivity index (χ4v) is 4.74. The minimum Gasteiger partial charge on any atom is -0.352 e. The number of rotatable bonds is 7. The Kier molecular flexibility index (Phi) is 5.31. The van der Waals surface area contributed by atoms with Gasteiger partial charge in [-0.25, -0.2) is 9.36 Å². The number of para-hydroxylation sites is 3. The highest BCUT2D eigenvalue weighted by atomic mass is 15.5. The van der Waals surface area contributed by atoms with Crippen LogP contribution in [0.15, 0.2) is 78.9 Å². The van der Waals surface area contributed by atoms with Gasteiger partial charge in [0.05, 0.1) is 17.1 Å². The third kappa shape index (κ3) is 3.39. The van der Waals surface area contributed by atoms with Crippen LogP contribution in [0.4, 0.5) is 5.69 Å². The molecule has 0 aliphatic rings. The summed E-state index contributed by atoms with van der Waals surface area (Å²) in [5, 5.41) is 18.0. The van der Waals surface area contributed by atoms with Crippen LogP contribution in [0.2, 0.25) is 0 Å². The molecule has 7 heteroatoms. The van der Waals surface area contributed by atoms with E-state index in [4.69, 9.17) is 0 Å². The zero-order valence-electron chi connectivity index (χ0n) is 18.6. The van der Waals surface area contributed by atoms with Crippen molar-refractivity contribution in [3.63, 3.8) is 0 Å². The summed E-state index contributed by atoms with van der Waals surface area (Å²) < 4.78 is 4.12. The van der Waals surface area contributed by atoms with Crippen molar-refractivity contribution in [3.8, 4) is 0 Å². The predicted octanol–water partition coefficient (Wildman–Crippen LogP) is 5.10. The molecule has 2 aromatic heterocycles. The van der Waals surface area contributed by atoms with Crippen LogP contribution < -0.4 is 4.90 Å². The standard InChI is InChI=1S/C25H27N7/c1-4-22(31-23-16-10-8-14-20(23)26-28-31)18(2)25(30(3)19-12-6-5-7-13-19)32-24-17-11-9-15-21(24)27-29-32/h5-18,22,25H,4H2,1-3H3. The summed E-state index contributed by atoms with van der Waals surface area (Å²) in [5.41, 5.74) is 5.01. The fraction of sp³-hybridized carbons (Fsp3) is 0.280. The Hall–Kier alpha value is -3.74. The number of hydrogen-bond donors (Lipinski definition) is 0. The minimum absolute atomic E-state index is 0.0716. The lowest BCUT2D eigenvalue weighted by Gasteiger charge is -2.38. The Morgan fingerprint density at radius 1 is 0.750 bits per heavy atom. The molecular formula is C25H27N7. The molecular weight excluding hydrogens is 398 g/mol. The van der Waals surface area contributed by atoms with Crippen LogP contribution in [0, 0.1) is 5.92 Å². The van der Waals surface area contributed by atoms with Gasteiger partial charge in [0.15, 0.2) is 0 Å². The van der Waals surface area contributed by atoms with E-state index in [1.54, 1.807) is 0 Å². The number of aromatic nitrogens is 6. The van der Waals surface area contributed by atoms with Crippen LogP contribution in [0.25, 0.3) is 22.1 Å². The van der Waals surface area contributed by atoms with E-state index in [-0.39, 0.29) is 18.1 Å². The van der Waals surface area contributed by atoms with Gasteiger partial charge in [-0.2, -0.15) is 0 Å². The molecule has 0 saturated carbocycles. The first kappa shape index (κ1) is 20.2. The summed E-state index contributed by atoms with van der Waals surface area (Å²) in [7, 11) is 2.12. The zero-order chi connectivity index (χ0) is 22.1. The van der Waals surface area contributed by atoms with Crippen LogP contribution in [-0.2, 0) is 0 Å². The van der Waals surface area contributed by atoms with Gasteiger partial charge in [-0.05, 0) is 42.8 Å². The number of anilines is 1. The van der Waals surface area contributed by atoms with E-state index in [9.17, 15) is 0 Å². The van der Waals surface area contributed by atoms with Crippen molar-refractivity contribution in [1.29, 1.82) is 0 Å². The minimum atomic E-state index is -0.0716.